The fourth-order valence-electron chi connectivity index (χ4n) is 1.55. The SMILES string of the molecule is CC(C)CN(C(=O)C(C)(C)N)C1CC1. The van der Waals surface area contributed by atoms with Gasteiger partial charge in [0.15, 0.2) is 0 Å². The summed E-state index contributed by atoms with van der Waals surface area (Å²) < 4.78 is 0. The lowest BCUT2D eigenvalue weighted by atomic mass is 10.0. The maximum absolute atomic E-state index is 12.0. The summed E-state index contributed by atoms with van der Waals surface area (Å²) in [6, 6.07) is 0.465. The number of carbonyl (C=O) groups excluding carboxylic acids is 1. The molecule has 1 rings (SSSR count). The minimum Gasteiger partial charge on any atom is -0.338 e. The molecule has 0 radical (unpaired) electrons. The molecule has 1 amide bonds. The third-order valence-electron chi connectivity index (χ3n) is 2.36. The highest BCUT2D eigenvalue weighted by Gasteiger charge is 2.37. The Hall–Kier alpha value is -0.570. The zero-order chi connectivity index (χ0) is 10.9. The van der Waals surface area contributed by atoms with Crippen LogP contribution >= 0.6 is 0 Å². The van der Waals surface area contributed by atoms with Gasteiger partial charge in [-0.25, -0.2) is 0 Å². The van der Waals surface area contributed by atoms with Crippen LogP contribution in [0.4, 0.5) is 0 Å². The number of amides is 1. The van der Waals surface area contributed by atoms with E-state index in [9.17, 15) is 4.79 Å². The highest BCUT2D eigenvalue weighted by atomic mass is 16.2. The molecule has 1 saturated carbocycles. The van der Waals surface area contributed by atoms with Crippen LogP contribution in [0.5, 0.6) is 0 Å². The lowest BCUT2D eigenvalue weighted by molar-refractivity contribution is -0.136. The van der Waals surface area contributed by atoms with Gasteiger partial charge in [0.05, 0.1) is 5.54 Å². The van der Waals surface area contributed by atoms with Crippen LogP contribution in [0.25, 0.3) is 0 Å². The first-order valence-electron chi connectivity index (χ1n) is 5.42. The van der Waals surface area contributed by atoms with Gasteiger partial charge in [-0.3, -0.25) is 4.79 Å². The van der Waals surface area contributed by atoms with Crippen molar-refractivity contribution in [3.8, 4) is 0 Å². The summed E-state index contributed by atoms with van der Waals surface area (Å²) in [5.74, 6) is 0.607. The molecule has 0 saturated heterocycles. The summed E-state index contributed by atoms with van der Waals surface area (Å²) in [4.78, 5) is 13.9. The van der Waals surface area contributed by atoms with Crippen LogP contribution < -0.4 is 5.73 Å². The van der Waals surface area contributed by atoms with E-state index in [1.165, 1.54) is 0 Å². The third-order valence-corrected chi connectivity index (χ3v) is 2.36. The van der Waals surface area contributed by atoms with Crippen molar-refractivity contribution in [3.05, 3.63) is 0 Å². The smallest absolute Gasteiger partial charge is 0.242 e. The standard InChI is InChI=1S/C11H22N2O/c1-8(2)7-13(9-5-6-9)10(14)11(3,4)12/h8-9H,5-7,12H2,1-4H3. The van der Waals surface area contributed by atoms with E-state index in [2.05, 4.69) is 13.8 Å². The Labute approximate surface area is 86.6 Å². The Balaban J connectivity index is 2.62. The average molecular weight is 198 g/mol. The molecular weight excluding hydrogens is 176 g/mol. The van der Waals surface area contributed by atoms with Crippen LogP contribution in [0.3, 0.4) is 0 Å². The summed E-state index contributed by atoms with van der Waals surface area (Å²) in [5, 5.41) is 0. The van der Waals surface area contributed by atoms with Gasteiger partial charge in [0.25, 0.3) is 0 Å². The van der Waals surface area contributed by atoms with Crippen LogP contribution in [-0.4, -0.2) is 28.9 Å². The molecule has 0 unspecified atom stereocenters. The van der Waals surface area contributed by atoms with Crippen molar-refractivity contribution in [2.75, 3.05) is 6.54 Å². The van der Waals surface area contributed by atoms with E-state index in [0.717, 1.165) is 19.4 Å². The van der Waals surface area contributed by atoms with Gasteiger partial charge < -0.3 is 10.6 Å². The Morgan fingerprint density at radius 2 is 2.00 bits per heavy atom. The summed E-state index contributed by atoms with van der Waals surface area (Å²) in [7, 11) is 0. The molecule has 0 aliphatic heterocycles. The van der Waals surface area contributed by atoms with Crippen LogP contribution in [0, 0.1) is 5.92 Å². The van der Waals surface area contributed by atoms with Crippen molar-refractivity contribution >= 4 is 5.91 Å². The molecule has 14 heavy (non-hydrogen) atoms. The van der Waals surface area contributed by atoms with Gasteiger partial charge in [0.2, 0.25) is 5.91 Å². The van der Waals surface area contributed by atoms with E-state index in [-0.39, 0.29) is 5.91 Å². The highest BCUT2D eigenvalue weighted by Crippen LogP contribution is 2.29. The van der Waals surface area contributed by atoms with Crippen molar-refractivity contribution in [2.45, 2.75) is 52.1 Å². The van der Waals surface area contributed by atoms with E-state index >= 15 is 0 Å². The molecule has 1 aliphatic carbocycles. The topological polar surface area (TPSA) is 46.3 Å². The van der Waals surface area contributed by atoms with Crippen LogP contribution in [-0.2, 0) is 4.79 Å². The van der Waals surface area contributed by atoms with Gasteiger partial charge in [-0.2, -0.15) is 0 Å². The molecule has 3 nitrogen and oxygen atoms in total. The van der Waals surface area contributed by atoms with E-state index in [4.69, 9.17) is 5.73 Å². The Bertz CT molecular complexity index is 214. The maximum Gasteiger partial charge on any atom is 0.242 e. The van der Waals surface area contributed by atoms with Crippen LogP contribution in [0.15, 0.2) is 0 Å². The number of nitrogens with two attached hydrogens (primary N) is 1. The van der Waals surface area contributed by atoms with Gasteiger partial charge in [-0.05, 0) is 32.6 Å². The van der Waals surface area contributed by atoms with Gasteiger partial charge in [0.1, 0.15) is 0 Å². The molecule has 2 N–H and O–H groups in total. The molecule has 0 heterocycles. The Morgan fingerprint density at radius 3 is 2.29 bits per heavy atom. The molecule has 0 bridgehead atoms. The normalized spacial score (nSPS) is 17.3. The highest BCUT2D eigenvalue weighted by molar-refractivity contribution is 5.85. The van der Waals surface area contributed by atoms with Gasteiger partial charge in [-0.15, -0.1) is 0 Å². The minimum atomic E-state index is -0.725. The van der Waals surface area contributed by atoms with Crippen molar-refractivity contribution in [3.63, 3.8) is 0 Å². The quantitative estimate of drug-likeness (QED) is 0.741. The summed E-state index contributed by atoms with van der Waals surface area (Å²) in [5.41, 5.74) is 5.11. The number of hydrogen-bond donors (Lipinski definition) is 1. The zero-order valence-electron chi connectivity index (χ0n) is 9.71. The maximum atomic E-state index is 12.0. The third kappa shape index (κ3) is 2.98. The molecule has 0 atom stereocenters. The molecule has 0 spiro atoms. The first kappa shape index (κ1) is 11.5. The lowest BCUT2D eigenvalue weighted by Gasteiger charge is -2.30. The second kappa shape index (κ2) is 3.89. The summed E-state index contributed by atoms with van der Waals surface area (Å²) in [6.45, 7) is 8.67. The second-order valence-corrected chi connectivity index (χ2v) is 5.30. The van der Waals surface area contributed by atoms with Gasteiger partial charge >= 0.3 is 0 Å². The van der Waals surface area contributed by atoms with Crippen molar-refractivity contribution < 1.29 is 4.79 Å². The largest absolute Gasteiger partial charge is 0.338 e. The molecule has 0 aromatic rings. The minimum absolute atomic E-state index is 0.0914. The van der Waals surface area contributed by atoms with E-state index in [0.29, 0.717) is 12.0 Å². The Morgan fingerprint density at radius 1 is 1.50 bits per heavy atom. The molecule has 82 valence electrons. The monoisotopic (exact) mass is 198 g/mol. The number of carbonyl (C=O) groups is 1. The van der Waals surface area contributed by atoms with E-state index in [1.54, 1.807) is 13.8 Å². The summed E-state index contributed by atoms with van der Waals surface area (Å²) >= 11 is 0. The Kier molecular flexibility index (Phi) is 3.20. The fraction of sp³-hybridized carbons (Fsp3) is 0.909. The molecule has 3 heteroatoms. The van der Waals surface area contributed by atoms with Crippen molar-refractivity contribution in [1.82, 2.24) is 4.90 Å². The van der Waals surface area contributed by atoms with Crippen LogP contribution in [0.2, 0.25) is 0 Å². The molecule has 1 fully saturated rings. The second-order valence-electron chi connectivity index (χ2n) is 5.30. The number of rotatable bonds is 4. The lowest BCUT2D eigenvalue weighted by Crippen LogP contribution is -2.52. The number of nitrogens with zero attached hydrogens (tertiary/aromatic N) is 1. The van der Waals surface area contributed by atoms with Crippen LogP contribution in [0.1, 0.15) is 40.5 Å². The first-order chi connectivity index (χ1) is 6.32. The van der Waals surface area contributed by atoms with Gasteiger partial charge in [-0.1, -0.05) is 13.8 Å². The summed E-state index contributed by atoms with van der Waals surface area (Å²) in [6.07, 6.45) is 2.29. The predicted molar refractivity (Wildman–Crippen MR) is 57.8 cm³/mol. The molecular formula is C11H22N2O. The van der Waals surface area contributed by atoms with Crippen molar-refractivity contribution in [1.29, 1.82) is 0 Å². The first-order valence-corrected chi connectivity index (χ1v) is 5.42. The molecule has 0 aromatic heterocycles. The number of hydrogen-bond acceptors (Lipinski definition) is 2. The molecule has 1 aliphatic rings. The predicted octanol–water partition coefficient (Wildman–Crippen LogP) is 1.37. The zero-order valence-corrected chi connectivity index (χ0v) is 9.71. The van der Waals surface area contributed by atoms with Gasteiger partial charge in [0, 0.05) is 12.6 Å². The van der Waals surface area contributed by atoms with E-state index < -0.39 is 5.54 Å². The van der Waals surface area contributed by atoms with Crippen molar-refractivity contribution in [2.24, 2.45) is 11.7 Å². The average Bonchev–Trinajstić information content (AvgIpc) is 2.79. The molecule has 0 aromatic carbocycles. The fourth-order valence-corrected chi connectivity index (χ4v) is 1.55. The van der Waals surface area contributed by atoms with E-state index in [1.807, 2.05) is 4.90 Å².